The highest BCUT2D eigenvalue weighted by Gasteiger charge is 2.33. The molecule has 1 aliphatic heterocycles. The molecule has 0 unspecified atom stereocenters. The van der Waals surface area contributed by atoms with E-state index in [1.165, 1.54) is 36.4 Å². The number of carbonyl (C=O) groups is 4. The van der Waals surface area contributed by atoms with Crippen molar-refractivity contribution in [3.05, 3.63) is 180 Å². The van der Waals surface area contributed by atoms with Crippen LogP contribution in [-0.4, -0.2) is 32.0 Å². The van der Waals surface area contributed by atoms with Crippen molar-refractivity contribution in [2.75, 3.05) is 21.3 Å². The molecule has 10 nitrogen and oxygen atoms in total. The van der Waals surface area contributed by atoms with Crippen molar-refractivity contribution < 1.29 is 27.6 Å². The SMILES string of the molecule is O=C(/C=C/c1ccccc1)Nc1ccccc1C(=O)Nc1ccc2c(c1)-c1cc(NC(=O)c3ccccc3NC(=O)/C=C/c3ccccc3)ccc1S2(=O)=O. The Kier molecular flexibility index (Phi) is 10.3. The van der Waals surface area contributed by atoms with Gasteiger partial charge < -0.3 is 21.3 Å². The first-order chi connectivity index (χ1) is 26.7. The van der Waals surface area contributed by atoms with Crippen LogP contribution in [0.15, 0.2) is 168 Å². The summed E-state index contributed by atoms with van der Waals surface area (Å²) in [5, 5.41) is 11.1. The van der Waals surface area contributed by atoms with Gasteiger partial charge >= 0.3 is 0 Å². The highest BCUT2D eigenvalue weighted by Crippen LogP contribution is 2.45. The summed E-state index contributed by atoms with van der Waals surface area (Å²) in [5.74, 6) is -1.89. The van der Waals surface area contributed by atoms with E-state index in [2.05, 4.69) is 21.3 Å². The topological polar surface area (TPSA) is 151 Å². The molecule has 1 heterocycles. The monoisotopic (exact) mass is 744 g/mol. The van der Waals surface area contributed by atoms with Crippen molar-refractivity contribution in [3.8, 4) is 11.1 Å². The molecule has 270 valence electrons. The van der Waals surface area contributed by atoms with Crippen LogP contribution in [0.25, 0.3) is 23.3 Å². The molecule has 4 N–H and O–H groups in total. The molecular weight excluding hydrogens is 713 g/mol. The Bertz CT molecular complexity index is 2460. The average Bonchev–Trinajstić information content (AvgIpc) is 3.42. The molecule has 0 saturated carbocycles. The third-order valence-electron chi connectivity index (χ3n) is 8.66. The first-order valence-electron chi connectivity index (χ1n) is 17.1. The molecule has 0 aromatic heterocycles. The molecule has 0 aliphatic carbocycles. The van der Waals surface area contributed by atoms with Crippen LogP contribution in [0.5, 0.6) is 0 Å². The summed E-state index contributed by atoms with van der Waals surface area (Å²) in [6, 6.07) is 40.7. The molecule has 0 atom stereocenters. The lowest BCUT2D eigenvalue weighted by molar-refractivity contribution is -0.112. The van der Waals surface area contributed by atoms with Crippen LogP contribution in [0.2, 0.25) is 0 Å². The average molecular weight is 745 g/mol. The molecule has 4 amide bonds. The minimum absolute atomic E-state index is 0.0541. The third kappa shape index (κ3) is 8.17. The molecule has 0 radical (unpaired) electrons. The number of rotatable bonds is 10. The Balaban J connectivity index is 1.08. The van der Waals surface area contributed by atoms with E-state index in [1.807, 2.05) is 60.7 Å². The number of sulfone groups is 1. The van der Waals surface area contributed by atoms with Crippen molar-refractivity contribution in [1.29, 1.82) is 0 Å². The van der Waals surface area contributed by atoms with Gasteiger partial charge in [-0.3, -0.25) is 19.2 Å². The van der Waals surface area contributed by atoms with Crippen LogP contribution in [0.3, 0.4) is 0 Å². The highest BCUT2D eigenvalue weighted by atomic mass is 32.2. The van der Waals surface area contributed by atoms with Gasteiger partial charge in [-0.15, -0.1) is 0 Å². The van der Waals surface area contributed by atoms with Crippen molar-refractivity contribution >= 4 is 68.4 Å². The first kappa shape index (κ1) is 36.0. The summed E-state index contributed by atoms with van der Waals surface area (Å²) in [7, 11) is -3.88. The zero-order valence-electron chi connectivity index (χ0n) is 29.0. The summed E-state index contributed by atoms with van der Waals surface area (Å²) < 4.78 is 27.0. The molecule has 0 bridgehead atoms. The predicted molar refractivity (Wildman–Crippen MR) is 214 cm³/mol. The summed E-state index contributed by atoms with van der Waals surface area (Å²) in [6.07, 6.45) is 6.08. The Morgan fingerprint density at radius 1 is 0.436 bits per heavy atom. The van der Waals surface area contributed by atoms with Gasteiger partial charge in [-0.25, -0.2) is 8.42 Å². The fourth-order valence-corrected chi connectivity index (χ4v) is 7.67. The standard InChI is InChI=1S/C44H32N4O6S/c49-41(25-19-29-11-3-1-4-12-29)47-37-17-9-7-15-33(37)43(51)45-31-21-23-39-35(27-31)36-28-32(22-24-40(36)55(39,53)54)46-44(52)34-16-8-10-18-38(34)48-42(50)26-20-30-13-5-2-6-14-30/h1-28H,(H,45,51)(H,46,52)(H,47,49)(H,48,50)/b25-19+,26-20+. The quantitative estimate of drug-likeness (QED) is 0.104. The lowest BCUT2D eigenvalue weighted by atomic mass is 10.0. The number of anilines is 4. The summed E-state index contributed by atoms with van der Waals surface area (Å²) >= 11 is 0. The van der Waals surface area contributed by atoms with Gasteiger partial charge in [0, 0.05) is 34.7 Å². The lowest BCUT2D eigenvalue weighted by Crippen LogP contribution is -2.17. The maximum atomic E-state index is 13.5. The van der Waals surface area contributed by atoms with E-state index >= 15 is 0 Å². The smallest absolute Gasteiger partial charge is 0.257 e. The molecule has 11 heteroatoms. The molecule has 1 aliphatic rings. The van der Waals surface area contributed by atoms with Crippen LogP contribution in [0, 0.1) is 0 Å². The second-order valence-electron chi connectivity index (χ2n) is 12.4. The molecule has 55 heavy (non-hydrogen) atoms. The molecule has 7 rings (SSSR count). The van der Waals surface area contributed by atoms with Crippen molar-refractivity contribution in [2.45, 2.75) is 9.79 Å². The number of hydrogen-bond acceptors (Lipinski definition) is 6. The lowest BCUT2D eigenvalue weighted by Gasteiger charge is -2.12. The second kappa shape index (κ2) is 15.7. The number of fused-ring (bicyclic) bond motifs is 3. The number of amides is 4. The largest absolute Gasteiger partial charge is 0.322 e. The van der Waals surface area contributed by atoms with E-state index in [0.29, 0.717) is 33.9 Å². The Morgan fingerprint density at radius 2 is 0.818 bits per heavy atom. The van der Waals surface area contributed by atoms with Gasteiger partial charge in [0.1, 0.15) is 0 Å². The molecule has 0 saturated heterocycles. The third-order valence-corrected chi connectivity index (χ3v) is 10.5. The zero-order chi connectivity index (χ0) is 38.4. The number of carbonyl (C=O) groups excluding carboxylic acids is 4. The molecule has 0 spiro atoms. The zero-order valence-corrected chi connectivity index (χ0v) is 29.8. The number of para-hydroxylation sites is 2. The van der Waals surface area contributed by atoms with E-state index in [-0.39, 0.29) is 20.9 Å². The van der Waals surface area contributed by atoms with Crippen molar-refractivity contribution in [1.82, 2.24) is 0 Å². The molecular formula is C44H32N4O6S. The second-order valence-corrected chi connectivity index (χ2v) is 14.3. The van der Waals surface area contributed by atoms with Crippen LogP contribution in [-0.2, 0) is 19.4 Å². The first-order valence-corrected chi connectivity index (χ1v) is 18.6. The predicted octanol–water partition coefficient (Wildman–Crippen LogP) is 8.31. The Labute approximate surface area is 317 Å². The van der Waals surface area contributed by atoms with E-state index in [9.17, 15) is 27.6 Å². The van der Waals surface area contributed by atoms with E-state index in [4.69, 9.17) is 0 Å². The fourth-order valence-electron chi connectivity index (χ4n) is 6.02. The van der Waals surface area contributed by atoms with Gasteiger partial charge in [0.15, 0.2) is 0 Å². The normalized spacial score (nSPS) is 12.4. The maximum absolute atomic E-state index is 13.5. The van der Waals surface area contributed by atoms with Crippen LogP contribution in [0.4, 0.5) is 22.7 Å². The van der Waals surface area contributed by atoms with Crippen molar-refractivity contribution in [2.24, 2.45) is 0 Å². The number of benzene rings is 6. The molecule has 0 fully saturated rings. The maximum Gasteiger partial charge on any atom is 0.257 e. The highest BCUT2D eigenvalue weighted by molar-refractivity contribution is 7.92. The summed E-state index contributed by atoms with van der Waals surface area (Å²) in [6.45, 7) is 0. The van der Waals surface area contributed by atoms with E-state index in [1.54, 1.807) is 72.8 Å². The van der Waals surface area contributed by atoms with Gasteiger partial charge in [0.2, 0.25) is 21.7 Å². The van der Waals surface area contributed by atoms with Gasteiger partial charge in [0.25, 0.3) is 11.8 Å². The summed E-state index contributed by atoms with van der Waals surface area (Å²) in [5.41, 5.74) is 3.99. The van der Waals surface area contributed by atoms with E-state index < -0.39 is 33.5 Å². The summed E-state index contributed by atoms with van der Waals surface area (Å²) in [4.78, 5) is 52.5. The van der Waals surface area contributed by atoms with Crippen LogP contribution in [0.1, 0.15) is 31.8 Å². The van der Waals surface area contributed by atoms with Gasteiger partial charge in [-0.1, -0.05) is 84.9 Å². The van der Waals surface area contributed by atoms with Gasteiger partial charge in [-0.2, -0.15) is 0 Å². The number of hydrogen-bond donors (Lipinski definition) is 4. The minimum atomic E-state index is -3.88. The number of nitrogens with one attached hydrogen (secondary N) is 4. The Hall–Kier alpha value is -7.37. The van der Waals surface area contributed by atoms with Crippen LogP contribution < -0.4 is 21.3 Å². The molecule has 6 aromatic carbocycles. The van der Waals surface area contributed by atoms with Crippen molar-refractivity contribution in [3.63, 3.8) is 0 Å². The molecule has 6 aromatic rings. The van der Waals surface area contributed by atoms with E-state index in [0.717, 1.165) is 11.1 Å². The fraction of sp³-hybridized carbons (Fsp3) is 0. The van der Waals surface area contributed by atoms with Crippen LogP contribution >= 0.6 is 0 Å². The van der Waals surface area contributed by atoms with Gasteiger partial charge in [0.05, 0.1) is 32.3 Å². The Morgan fingerprint density at radius 3 is 1.24 bits per heavy atom. The van der Waals surface area contributed by atoms with Gasteiger partial charge in [-0.05, 0) is 83.9 Å². The minimum Gasteiger partial charge on any atom is -0.322 e.